The molecule has 3 aromatic rings. The Labute approximate surface area is 139 Å². The molecule has 1 amide bonds. The van der Waals surface area contributed by atoms with Gasteiger partial charge in [0.2, 0.25) is 0 Å². The van der Waals surface area contributed by atoms with Gasteiger partial charge in [-0.05, 0) is 25.1 Å². The zero-order chi connectivity index (χ0) is 16.7. The van der Waals surface area contributed by atoms with Crippen LogP contribution in [0.25, 0.3) is 10.8 Å². The lowest BCUT2D eigenvalue weighted by molar-refractivity contribution is 0.0889. The summed E-state index contributed by atoms with van der Waals surface area (Å²) in [4.78, 5) is 12.5. The van der Waals surface area contributed by atoms with E-state index in [1.165, 1.54) is 0 Å². The average molecular weight is 319 g/mol. The third-order valence-electron chi connectivity index (χ3n) is 4.50. The second-order valence-electron chi connectivity index (χ2n) is 6.26. The predicted octanol–water partition coefficient (Wildman–Crippen LogP) is 3.58. The van der Waals surface area contributed by atoms with E-state index < -0.39 is 5.54 Å². The number of nitrogens with one attached hydrogen (secondary N) is 1. The fourth-order valence-electron chi connectivity index (χ4n) is 3.20. The Hall–Kier alpha value is -3.01. The average Bonchev–Trinajstić information content (AvgIpc) is 2.93. The van der Waals surface area contributed by atoms with Crippen molar-refractivity contribution in [3.05, 3.63) is 71.8 Å². The lowest BCUT2D eigenvalue weighted by Gasteiger charge is -2.24. The van der Waals surface area contributed by atoms with Gasteiger partial charge in [-0.2, -0.15) is 0 Å². The van der Waals surface area contributed by atoms with Crippen LogP contribution in [0.5, 0.6) is 11.5 Å². The van der Waals surface area contributed by atoms with Crippen LogP contribution < -0.4 is 10.1 Å². The van der Waals surface area contributed by atoms with Crippen LogP contribution in [0.4, 0.5) is 0 Å². The van der Waals surface area contributed by atoms with Gasteiger partial charge in [0.15, 0.2) is 0 Å². The first-order chi connectivity index (χ1) is 11.6. The molecule has 3 aromatic carbocycles. The van der Waals surface area contributed by atoms with E-state index in [0.29, 0.717) is 12.2 Å². The quantitative estimate of drug-likeness (QED) is 0.759. The molecule has 1 heterocycles. The summed E-state index contributed by atoms with van der Waals surface area (Å²) >= 11 is 0. The minimum atomic E-state index is -0.691. The highest BCUT2D eigenvalue weighted by Crippen LogP contribution is 2.45. The van der Waals surface area contributed by atoms with Crippen LogP contribution in [-0.4, -0.2) is 17.6 Å². The van der Waals surface area contributed by atoms with Gasteiger partial charge in [-0.1, -0.05) is 42.5 Å². The topological polar surface area (TPSA) is 58.6 Å². The lowest BCUT2D eigenvalue weighted by Crippen LogP contribution is -2.44. The molecule has 2 N–H and O–H groups in total. The maximum atomic E-state index is 12.5. The van der Waals surface area contributed by atoms with Gasteiger partial charge in [0.25, 0.3) is 5.91 Å². The number of fused-ring (bicyclic) bond motifs is 3. The maximum absolute atomic E-state index is 12.5. The van der Waals surface area contributed by atoms with Gasteiger partial charge in [0.1, 0.15) is 23.6 Å². The Morgan fingerprint density at radius 2 is 1.75 bits per heavy atom. The minimum Gasteiger partial charge on any atom is -0.507 e. The third-order valence-corrected chi connectivity index (χ3v) is 4.50. The molecular weight excluding hydrogens is 302 g/mol. The van der Waals surface area contributed by atoms with E-state index in [1.807, 2.05) is 49.4 Å². The minimum absolute atomic E-state index is 0.165. The number of aromatic hydroxyl groups is 1. The fraction of sp³-hybridized carbons (Fsp3) is 0.150. The Bertz CT molecular complexity index is 936. The molecule has 0 spiro atoms. The van der Waals surface area contributed by atoms with Crippen LogP contribution in [0.3, 0.4) is 0 Å². The summed E-state index contributed by atoms with van der Waals surface area (Å²) in [6.45, 7) is 2.24. The summed E-state index contributed by atoms with van der Waals surface area (Å²) in [5.74, 6) is 0.747. The van der Waals surface area contributed by atoms with E-state index in [1.54, 1.807) is 18.2 Å². The third kappa shape index (κ3) is 2.19. The number of carbonyl (C=O) groups excluding carboxylic acids is 1. The zero-order valence-electron chi connectivity index (χ0n) is 13.2. The first kappa shape index (κ1) is 14.6. The summed E-state index contributed by atoms with van der Waals surface area (Å²) in [6.07, 6.45) is 0. The number of amides is 1. The Morgan fingerprint density at radius 3 is 2.50 bits per heavy atom. The van der Waals surface area contributed by atoms with Crippen molar-refractivity contribution >= 4 is 16.7 Å². The van der Waals surface area contributed by atoms with Crippen LogP contribution in [-0.2, 0) is 5.54 Å². The smallest absolute Gasteiger partial charge is 0.252 e. The summed E-state index contributed by atoms with van der Waals surface area (Å²) in [5.41, 5.74) is 0.698. The van der Waals surface area contributed by atoms with Gasteiger partial charge in [0, 0.05) is 21.9 Å². The highest BCUT2D eigenvalue weighted by atomic mass is 16.5. The highest BCUT2D eigenvalue weighted by Gasteiger charge is 2.39. The second kappa shape index (κ2) is 5.27. The molecule has 0 saturated carbocycles. The molecule has 24 heavy (non-hydrogen) atoms. The normalized spacial score (nSPS) is 18.9. The zero-order valence-corrected chi connectivity index (χ0v) is 13.2. The van der Waals surface area contributed by atoms with Gasteiger partial charge in [-0.15, -0.1) is 0 Å². The molecule has 0 aromatic heterocycles. The van der Waals surface area contributed by atoms with Crippen LogP contribution in [0.2, 0.25) is 0 Å². The van der Waals surface area contributed by atoms with Crippen molar-refractivity contribution in [1.82, 2.24) is 5.32 Å². The fourth-order valence-corrected chi connectivity index (χ4v) is 3.20. The van der Waals surface area contributed by atoms with E-state index in [2.05, 4.69) is 5.32 Å². The second-order valence-corrected chi connectivity index (χ2v) is 6.26. The van der Waals surface area contributed by atoms with Crippen molar-refractivity contribution in [1.29, 1.82) is 0 Å². The molecule has 0 fully saturated rings. The van der Waals surface area contributed by atoms with Gasteiger partial charge in [-0.25, -0.2) is 0 Å². The molecule has 1 atom stereocenters. The van der Waals surface area contributed by atoms with Crippen molar-refractivity contribution in [2.75, 3.05) is 6.61 Å². The molecular formula is C20H17NO3. The summed E-state index contributed by atoms with van der Waals surface area (Å²) in [5, 5.41) is 15.0. The molecule has 4 rings (SSSR count). The SMILES string of the molecule is C[C@]1(NC(=O)c2ccccc2)COc2c1cc(O)c1ccccc21. The molecule has 1 aliphatic heterocycles. The number of benzene rings is 3. The van der Waals surface area contributed by atoms with Crippen molar-refractivity contribution in [2.45, 2.75) is 12.5 Å². The van der Waals surface area contributed by atoms with Crippen molar-refractivity contribution < 1.29 is 14.6 Å². The van der Waals surface area contributed by atoms with Crippen LogP contribution in [0.1, 0.15) is 22.8 Å². The number of carbonyl (C=O) groups is 1. The van der Waals surface area contributed by atoms with E-state index in [-0.39, 0.29) is 11.7 Å². The Morgan fingerprint density at radius 1 is 1.08 bits per heavy atom. The number of hydrogen-bond donors (Lipinski definition) is 2. The van der Waals surface area contributed by atoms with E-state index >= 15 is 0 Å². The lowest BCUT2D eigenvalue weighted by atomic mass is 9.91. The molecule has 4 heteroatoms. The Kier molecular flexibility index (Phi) is 3.20. The van der Waals surface area contributed by atoms with Gasteiger partial charge >= 0.3 is 0 Å². The van der Waals surface area contributed by atoms with Crippen molar-refractivity contribution in [3.63, 3.8) is 0 Å². The molecule has 4 nitrogen and oxygen atoms in total. The van der Waals surface area contributed by atoms with E-state index in [9.17, 15) is 9.90 Å². The molecule has 0 bridgehead atoms. The van der Waals surface area contributed by atoms with E-state index in [4.69, 9.17) is 4.74 Å². The monoisotopic (exact) mass is 319 g/mol. The number of ether oxygens (including phenoxy) is 1. The summed E-state index contributed by atoms with van der Waals surface area (Å²) in [7, 11) is 0. The molecule has 0 radical (unpaired) electrons. The van der Waals surface area contributed by atoms with Crippen molar-refractivity contribution in [2.24, 2.45) is 0 Å². The van der Waals surface area contributed by atoms with Gasteiger partial charge in [0.05, 0.1) is 0 Å². The van der Waals surface area contributed by atoms with Crippen LogP contribution in [0.15, 0.2) is 60.7 Å². The number of phenols is 1. The van der Waals surface area contributed by atoms with Gasteiger partial charge < -0.3 is 15.2 Å². The number of hydrogen-bond acceptors (Lipinski definition) is 3. The first-order valence-corrected chi connectivity index (χ1v) is 7.84. The maximum Gasteiger partial charge on any atom is 0.252 e. The largest absolute Gasteiger partial charge is 0.507 e. The highest BCUT2D eigenvalue weighted by molar-refractivity contribution is 5.97. The summed E-state index contributed by atoms with van der Waals surface area (Å²) in [6, 6.07) is 18.3. The van der Waals surface area contributed by atoms with Crippen molar-refractivity contribution in [3.8, 4) is 11.5 Å². The molecule has 0 aliphatic carbocycles. The molecule has 0 unspecified atom stereocenters. The molecule has 120 valence electrons. The standard InChI is InChI=1S/C20H17NO3/c1-20(21-19(23)13-7-3-2-4-8-13)12-24-18-15-10-6-5-9-14(15)17(22)11-16(18)20/h2-11,22H,12H2,1H3,(H,21,23)/t20-/m0/s1. The van der Waals surface area contributed by atoms with Crippen LogP contribution >= 0.6 is 0 Å². The molecule has 0 saturated heterocycles. The predicted molar refractivity (Wildman–Crippen MR) is 92.4 cm³/mol. The number of phenolic OH excluding ortho intramolecular Hbond substituents is 1. The number of rotatable bonds is 2. The molecule has 1 aliphatic rings. The van der Waals surface area contributed by atoms with Gasteiger partial charge in [-0.3, -0.25) is 4.79 Å². The van der Waals surface area contributed by atoms with Crippen LogP contribution in [0, 0.1) is 0 Å². The van der Waals surface area contributed by atoms with E-state index in [0.717, 1.165) is 22.1 Å². The first-order valence-electron chi connectivity index (χ1n) is 7.84. The Balaban J connectivity index is 1.76. The summed E-state index contributed by atoms with van der Waals surface area (Å²) < 4.78 is 5.89.